The van der Waals surface area contributed by atoms with Crippen LogP contribution >= 0.6 is 15.9 Å². The minimum atomic E-state index is -0.147. The number of urea groups is 1. The van der Waals surface area contributed by atoms with Crippen LogP contribution in [0, 0.1) is 0 Å². The molecule has 0 aromatic heterocycles. The summed E-state index contributed by atoms with van der Waals surface area (Å²) in [7, 11) is 4.91. The van der Waals surface area contributed by atoms with Crippen LogP contribution in [0.15, 0.2) is 16.6 Å². The Kier molecular flexibility index (Phi) is 6.64. The summed E-state index contributed by atoms with van der Waals surface area (Å²) in [5.41, 5.74) is 0.649. The minimum absolute atomic E-state index is 0.147. The van der Waals surface area contributed by atoms with Gasteiger partial charge in [-0.1, -0.05) is 13.3 Å². The summed E-state index contributed by atoms with van der Waals surface area (Å²) in [6.45, 7) is 2.82. The van der Waals surface area contributed by atoms with Crippen molar-refractivity contribution in [1.82, 2.24) is 4.90 Å². The zero-order valence-electron chi connectivity index (χ0n) is 12.3. The van der Waals surface area contributed by atoms with E-state index in [1.807, 2.05) is 0 Å². The number of anilines is 1. The Labute approximate surface area is 128 Å². The third-order valence-electron chi connectivity index (χ3n) is 2.91. The molecule has 0 fully saturated rings. The maximum absolute atomic E-state index is 12.0. The fraction of sp³-hybridized carbons (Fsp3) is 0.500. The van der Waals surface area contributed by atoms with Crippen LogP contribution in [0.1, 0.15) is 19.8 Å². The molecule has 6 heteroatoms. The number of rotatable bonds is 6. The first-order chi connectivity index (χ1) is 9.53. The fourth-order valence-corrected chi connectivity index (χ4v) is 2.08. The Bertz CT molecular complexity index is 466. The highest BCUT2D eigenvalue weighted by Gasteiger charge is 2.14. The Hall–Kier alpha value is -1.43. The molecule has 0 saturated carbocycles. The number of hydrogen-bond acceptors (Lipinski definition) is 3. The maximum Gasteiger partial charge on any atom is 0.321 e. The highest BCUT2D eigenvalue weighted by molar-refractivity contribution is 9.10. The van der Waals surface area contributed by atoms with Crippen LogP contribution < -0.4 is 14.8 Å². The van der Waals surface area contributed by atoms with Gasteiger partial charge in [-0.3, -0.25) is 0 Å². The second-order valence-corrected chi connectivity index (χ2v) is 5.25. The van der Waals surface area contributed by atoms with Gasteiger partial charge in [0.1, 0.15) is 0 Å². The van der Waals surface area contributed by atoms with Gasteiger partial charge in [0.25, 0.3) is 0 Å². The number of benzene rings is 1. The number of nitrogens with one attached hydrogen (secondary N) is 1. The van der Waals surface area contributed by atoms with Crippen LogP contribution in [0.2, 0.25) is 0 Å². The summed E-state index contributed by atoms with van der Waals surface area (Å²) in [4.78, 5) is 13.7. The molecule has 1 aromatic rings. The molecule has 0 heterocycles. The molecular formula is C14H21BrN2O3. The van der Waals surface area contributed by atoms with E-state index in [1.54, 1.807) is 38.3 Å². The van der Waals surface area contributed by atoms with Gasteiger partial charge in [0.05, 0.1) is 19.9 Å². The monoisotopic (exact) mass is 344 g/mol. The Morgan fingerprint density at radius 3 is 2.45 bits per heavy atom. The highest BCUT2D eigenvalue weighted by Crippen LogP contribution is 2.36. The summed E-state index contributed by atoms with van der Waals surface area (Å²) in [6, 6.07) is 3.35. The molecule has 0 saturated heterocycles. The van der Waals surface area contributed by atoms with Crippen molar-refractivity contribution < 1.29 is 14.3 Å². The number of hydrogen-bond donors (Lipinski definition) is 1. The first kappa shape index (κ1) is 16.6. The quantitative estimate of drug-likeness (QED) is 0.855. The Morgan fingerprint density at radius 2 is 1.90 bits per heavy atom. The topological polar surface area (TPSA) is 50.8 Å². The zero-order valence-corrected chi connectivity index (χ0v) is 13.9. The molecule has 2 amide bonds. The number of nitrogens with zero attached hydrogens (tertiary/aromatic N) is 1. The van der Waals surface area contributed by atoms with Crippen LogP contribution in [-0.2, 0) is 0 Å². The zero-order chi connectivity index (χ0) is 15.1. The van der Waals surface area contributed by atoms with E-state index in [4.69, 9.17) is 9.47 Å². The van der Waals surface area contributed by atoms with Crippen molar-refractivity contribution in [2.24, 2.45) is 0 Å². The van der Waals surface area contributed by atoms with Crippen LogP contribution in [-0.4, -0.2) is 38.7 Å². The van der Waals surface area contributed by atoms with Gasteiger partial charge in [-0.25, -0.2) is 4.79 Å². The number of halogens is 1. The lowest BCUT2D eigenvalue weighted by Crippen LogP contribution is -2.32. The first-order valence-electron chi connectivity index (χ1n) is 6.47. The minimum Gasteiger partial charge on any atom is -0.493 e. The van der Waals surface area contributed by atoms with Crippen molar-refractivity contribution in [2.75, 3.05) is 33.1 Å². The third-order valence-corrected chi connectivity index (χ3v) is 3.56. The molecular weight excluding hydrogens is 324 g/mol. The predicted molar refractivity (Wildman–Crippen MR) is 83.8 cm³/mol. The average molecular weight is 345 g/mol. The number of ether oxygens (including phenoxy) is 2. The highest BCUT2D eigenvalue weighted by atomic mass is 79.9. The number of methoxy groups -OCH3 is 2. The Morgan fingerprint density at radius 1 is 1.30 bits per heavy atom. The van der Waals surface area contributed by atoms with E-state index in [0.29, 0.717) is 17.2 Å². The molecule has 1 N–H and O–H groups in total. The largest absolute Gasteiger partial charge is 0.493 e. The van der Waals surface area contributed by atoms with E-state index in [0.717, 1.165) is 23.9 Å². The molecule has 0 spiro atoms. The van der Waals surface area contributed by atoms with Crippen LogP contribution in [0.4, 0.5) is 10.5 Å². The molecule has 1 rings (SSSR count). The molecule has 5 nitrogen and oxygen atoms in total. The van der Waals surface area contributed by atoms with E-state index < -0.39 is 0 Å². The molecule has 0 radical (unpaired) electrons. The van der Waals surface area contributed by atoms with Gasteiger partial charge in [0.15, 0.2) is 11.5 Å². The summed E-state index contributed by atoms with van der Waals surface area (Å²) < 4.78 is 11.2. The molecule has 0 aliphatic heterocycles. The van der Waals surface area contributed by atoms with Gasteiger partial charge >= 0.3 is 6.03 Å². The van der Waals surface area contributed by atoms with Crippen molar-refractivity contribution in [1.29, 1.82) is 0 Å². The van der Waals surface area contributed by atoms with E-state index >= 15 is 0 Å². The van der Waals surface area contributed by atoms with Gasteiger partial charge in [0, 0.05) is 30.2 Å². The molecule has 0 aliphatic rings. The van der Waals surface area contributed by atoms with E-state index in [-0.39, 0.29) is 6.03 Å². The lowest BCUT2D eigenvalue weighted by Gasteiger charge is -2.19. The van der Waals surface area contributed by atoms with Crippen molar-refractivity contribution >= 4 is 27.6 Å². The maximum atomic E-state index is 12.0. The molecule has 0 aliphatic carbocycles. The SMILES string of the molecule is CCCCN(C)C(=O)Nc1cc(OC)c(OC)cc1Br. The number of carbonyl (C=O) groups excluding carboxylic acids is 1. The van der Waals surface area contributed by atoms with Crippen molar-refractivity contribution in [3.63, 3.8) is 0 Å². The first-order valence-corrected chi connectivity index (χ1v) is 7.26. The van der Waals surface area contributed by atoms with Gasteiger partial charge in [-0.2, -0.15) is 0 Å². The summed E-state index contributed by atoms with van der Waals surface area (Å²) in [5, 5.41) is 2.85. The van der Waals surface area contributed by atoms with Crippen LogP contribution in [0.3, 0.4) is 0 Å². The molecule has 0 unspecified atom stereocenters. The second-order valence-electron chi connectivity index (χ2n) is 4.39. The van der Waals surface area contributed by atoms with E-state index in [2.05, 4.69) is 28.2 Å². The summed E-state index contributed by atoms with van der Waals surface area (Å²) in [5.74, 6) is 1.18. The fourth-order valence-electron chi connectivity index (χ4n) is 1.66. The van der Waals surface area contributed by atoms with Gasteiger partial charge in [0.2, 0.25) is 0 Å². The molecule has 1 aromatic carbocycles. The summed E-state index contributed by atoms with van der Waals surface area (Å²) >= 11 is 3.41. The number of carbonyl (C=O) groups is 1. The average Bonchev–Trinajstić information content (AvgIpc) is 2.45. The van der Waals surface area contributed by atoms with E-state index in [1.165, 1.54) is 0 Å². The van der Waals surface area contributed by atoms with Gasteiger partial charge in [-0.05, 0) is 22.4 Å². The smallest absolute Gasteiger partial charge is 0.321 e. The van der Waals surface area contributed by atoms with E-state index in [9.17, 15) is 4.79 Å². The second kappa shape index (κ2) is 7.99. The number of amides is 2. The molecule has 112 valence electrons. The van der Waals surface area contributed by atoms with Crippen molar-refractivity contribution in [3.8, 4) is 11.5 Å². The normalized spacial score (nSPS) is 10.1. The van der Waals surface area contributed by atoms with Gasteiger partial charge < -0.3 is 19.7 Å². The Balaban J connectivity index is 2.84. The van der Waals surface area contributed by atoms with Crippen molar-refractivity contribution in [2.45, 2.75) is 19.8 Å². The van der Waals surface area contributed by atoms with Crippen LogP contribution in [0.25, 0.3) is 0 Å². The molecule has 0 bridgehead atoms. The number of unbranched alkanes of at least 4 members (excludes halogenated alkanes) is 1. The van der Waals surface area contributed by atoms with Gasteiger partial charge in [-0.15, -0.1) is 0 Å². The van der Waals surface area contributed by atoms with Crippen LogP contribution in [0.5, 0.6) is 11.5 Å². The van der Waals surface area contributed by atoms with Crippen molar-refractivity contribution in [3.05, 3.63) is 16.6 Å². The molecule has 20 heavy (non-hydrogen) atoms. The summed E-state index contributed by atoms with van der Waals surface area (Å²) in [6.07, 6.45) is 2.04. The lowest BCUT2D eigenvalue weighted by atomic mass is 10.2. The standard InChI is InChI=1S/C14H21BrN2O3/c1-5-6-7-17(2)14(18)16-11-9-13(20-4)12(19-3)8-10(11)15/h8-9H,5-7H2,1-4H3,(H,16,18). The molecule has 0 atom stereocenters. The predicted octanol–water partition coefficient (Wildman–Crippen LogP) is 3.73. The lowest BCUT2D eigenvalue weighted by molar-refractivity contribution is 0.222. The third kappa shape index (κ3) is 4.30.